The van der Waals surface area contributed by atoms with Gasteiger partial charge in [0.15, 0.2) is 11.6 Å². The first-order valence-corrected chi connectivity index (χ1v) is 3.81. The highest BCUT2D eigenvalue weighted by atomic mass is 35.5. The molecule has 0 bridgehead atoms. The third-order valence-corrected chi connectivity index (χ3v) is 1.88. The predicted molar refractivity (Wildman–Crippen MR) is 42.4 cm³/mol. The van der Waals surface area contributed by atoms with Crippen molar-refractivity contribution in [2.75, 3.05) is 0 Å². The minimum Gasteiger partial charge on any atom is -0.506 e. The summed E-state index contributed by atoms with van der Waals surface area (Å²) in [5.74, 6) is -2.44. The van der Waals surface area contributed by atoms with E-state index < -0.39 is 11.6 Å². The fourth-order valence-electron chi connectivity index (χ4n) is 0.958. The van der Waals surface area contributed by atoms with Crippen LogP contribution in [0, 0.1) is 11.6 Å². The number of halogens is 3. The van der Waals surface area contributed by atoms with Crippen LogP contribution >= 0.6 is 11.6 Å². The summed E-state index contributed by atoms with van der Waals surface area (Å²) in [6.07, 6.45) is 0.204. The number of rotatable bonds is 1. The molecule has 0 aliphatic carbocycles. The Labute approximate surface area is 73.6 Å². The summed E-state index contributed by atoms with van der Waals surface area (Å²) >= 11 is 5.41. The lowest BCUT2D eigenvalue weighted by Gasteiger charge is -2.05. The zero-order chi connectivity index (χ0) is 9.30. The summed E-state index contributed by atoms with van der Waals surface area (Å²) in [7, 11) is 0. The van der Waals surface area contributed by atoms with E-state index >= 15 is 0 Å². The second kappa shape index (κ2) is 3.27. The van der Waals surface area contributed by atoms with Crippen LogP contribution in [-0.2, 0) is 6.42 Å². The Morgan fingerprint density at radius 3 is 2.58 bits per heavy atom. The summed E-state index contributed by atoms with van der Waals surface area (Å²) in [6.45, 7) is 1.61. The molecule has 4 heteroatoms. The molecule has 0 amide bonds. The normalized spacial score (nSPS) is 10.3. The molecule has 0 unspecified atom stereocenters. The SMILES string of the molecule is CCc1c(O)c(Cl)cc(F)c1F. The Hall–Kier alpha value is -0.830. The molecule has 1 N–H and O–H groups in total. The van der Waals surface area contributed by atoms with Crippen molar-refractivity contribution in [2.24, 2.45) is 0 Å². The van der Waals surface area contributed by atoms with Crippen LogP contribution in [0.4, 0.5) is 8.78 Å². The molecule has 66 valence electrons. The van der Waals surface area contributed by atoms with Gasteiger partial charge in [-0.2, -0.15) is 0 Å². The van der Waals surface area contributed by atoms with E-state index in [1.54, 1.807) is 6.92 Å². The lowest BCUT2D eigenvalue weighted by atomic mass is 10.1. The van der Waals surface area contributed by atoms with E-state index in [1.165, 1.54) is 0 Å². The molecule has 0 radical (unpaired) electrons. The van der Waals surface area contributed by atoms with Crippen LogP contribution in [0.1, 0.15) is 12.5 Å². The highest BCUT2D eigenvalue weighted by molar-refractivity contribution is 6.32. The zero-order valence-corrected chi connectivity index (χ0v) is 7.12. The highest BCUT2D eigenvalue weighted by Crippen LogP contribution is 2.31. The maximum Gasteiger partial charge on any atom is 0.165 e. The Morgan fingerprint density at radius 2 is 2.08 bits per heavy atom. The number of phenols is 1. The van der Waals surface area contributed by atoms with E-state index in [2.05, 4.69) is 0 Å². The molecule has 0 saturated carbocycles. The van der Waals surface area contributed by atoms with E-state index in [4.69, 9.17) is 16.7 Å². The van der Waals surface area contributed by atoms with Gasteiger partial charge in [-0.1, -0.05) is 18.5 Å². The van der Waals surface area contributed by atoms with Crippen molar-refractivity contribution in [3.8, 4) is 5.75 Å². The molecular formula is C8H7ClF2O. The molecule has 1 rings (SSSR count). The maximum absolute atomic E-state index is 12.8. The number of phenolic OH excluding ortho intramolecular Hbond substituents is 1. The second-order valence-corrected chi connectivity index (χ2v) is 2.74. The second-order valence-electron chi connectivity index (χ2n) is 2.33. The summed E-state index contributed by atoms with van der Waals surface area (Å²) in [6, 6.07) is 0.755. The van der Waals surface area contributed by atoms with Gasteiger partial charge in [0.05, 0.1) is 5.02 Å². The third-order valence-electron chi connectivity index (χ3n) is 1.59. The van der Waals surface area contributed by atoms with Crippen LogP contribution in [-0.4, -0.2) is 5.11 Å². The van der Waals surface area contributed by atoms with Crippen LogP contribution in [0.5, 0.6) is 5.75 Å². The predicted octanol–water partition coefficient (Wildman–Crippen LogP) is 2.89. The van der Waals surface area contributed by atoms with Crippen molar-refractivity contribution in [2.45, 2.75) is 13.3 Å². The van der Waals surface area contributed by atoms with Crippen LogP contribution in [0.25, 0.3) is 0 Å². The van der Waals surface area contributed by atoms with Gasteiger partial charge in [-0.25, -0.2) is 8.78 Å². The molecule has 0 aliphatic heterocycles. The lowest BCUT2D eigenvalue weighted by Crippen LogP contribution is -1.93. The number of hydrogen-bond acceptors (Lipinski definition) is 1. The third kappa shape index (κ3) is 1.37. The van der Waals surface area contributed by atoms with E-state index in [0.717, 1.165) is 6.07 Å². The molecule has 12 heavy (non-hydrogen) atoms. The van der Waals surface area contributed by atoms with E-state index in [9.17, 15) is 8.78 Å². The molecule has 0 aliphatic rings. The quantitative estimate of drug-likeness (QED) is 0.679. The average molecular weight is 193 g/mol. The van der Waals surface area contributed by atoms with Crippen molar-refractivity contribution in [3.05, 3.63) is 28.3 Å². The van der Waals surface area contributed by atoms with Crippen LogP contribution < -0.4 is 0 Å². The van der Waals surface area contributed by atoms with Gasteiger partial charge in [-0.15, -0.1) is 0 Å². The molecule has 1 aromatic carbocycles. The van der Waals surface area contributed by atoms with Crippen molar-refractivity contribution in [1.82, 2.24) is 0 Å². The molecule has 0 aromatic heterocycles. The van der Waals surface area contributed by atoms with Crippen LogP contribution in [0.2, 0.25) is 5.02 Å². The van der Waals surface area contributed by atoms with Gasteiger partial charge in [0.2, 0.25) is 0 Å². The minimum atomic E-state index is -1.03. The van der Waals surface area contributed by atoms with Gasteiger partial charge in [-0.3, -0.25) is 0 Å². The monoisotopic (exact) mass is 192 g/mol. The number of hydrogen-bond donors (Lipinski definition) is 1. The Kier molecular flexibility index (Phi) is 2.52. The van der Waals surface area contributed by atoms with E-state index in [1.807, 2.05) is 0 Å². The summed E-state index contributed by atoms with van der Waals surface area (Å²) < 4.78 is 25.5. The molecule has 0 atom stereocenters. The Bertz CT molecular complexity index is 286. The lowest BCUT2D eigenvalue weighted by molar-refractivity contribution is 0.443. The van der Waals surface area contributed by atoms with Gasteiger partial charge in [0, 0.05) is 5.56 Å². The maximum atomic E-state index is 12.8. The van der Waals surface area contributed by atoms with Crippen molar-refractivity contribution >= 4 is 11.6 Å². The van der Waals surface area contributed by atoms with Crippen LogP contribution in [0.15, 0.2) is 6.07 Å². The summed E-state index contributed by atoms with van der Waals surface area (Å²) in [5.41, 5.74) is -0.0833. The van der Waals surface area contributed by atoms with Crippen molar-refractivity contribution < 1.29 is 13.9 Å². The molecule has 1 nitrogen and oxygen atoms in total. The average Bonchev–Trinajstić information content (AvgIpc) is 2.02. The Balaban J connectivity index is 3.42. The molecule has 0 spiro atoms. The van der Waals surface area contributed by atoms with Gasteiger partial charge < -0.3 is 5.11 Å². The molecule has 1 aromatic rings. The molecule has 0 heterocycles. The Morgan fingerprint density at radius 1 is 1.50 bits per heavy atom. The zero-order valence-electron chi connectivity index (χ0n) is 6.37. The largest absolute Gasteiger partial charge is 0.506 e. The first-order chi connectivity index (χ1) is 5.57. The molecular weight excluding hydrogens is 186 g/mol. The first-order valence-electron chi connectivity index (χ1n) is 3.43. The van der Waals surface area contributed by atoms with E-state index in [-0.39, 0.29) is 22.8 Å². The van der Waals surface area contributed by atoms with Gasteiger partial charge in [0.25, 0.3) is 0 Å². The fourth-order valence-corrected chi connectivity index (χ4v) is 1.17. The first kappa shape index (κ1) is 9.26. The van der Waals surface area contributed by atoms with Gasteiger partial charge >= 0.3 is 0 Å². The molecule has 0 fully saturated rings. The summed E-state index contributed by atoms with van der Waals surface area (Å²) in [5, 5.41) is 9.00. The topological polar surface area (TPSA) is 20.2 Å². The van der Waals surface area contributed by atoms with Gasteiger partial charge in [0.1, 0.15) is 5.75 Å². The number of aromatic hydroxyl groups is 1. The van der Waals surface area contributed by atoms with Crippen molar-refractivity contribution in [1.29, 1.82) is 0 Å². The van der Waals surface area contributed by atoms with E-state index in [0.29, 0.717) is 0 Å². The molecule has 0 saturated heterocycles. The fraction of sp³-hybridized carbons (Fsp3) is 0.250. The standard InChI is InChI=1S/C8H7ClF2O/c1-2-4-7(11)6(10)3-5(9)8(4)12/h3,12H,2H2,1H3. The smallest absolute Gasteiger partial charge is 0.165 e. The van der Waals surface area contributed by atoms with Crippen LogP contribution in [0.3, 0.4) is 0 Å². The number of benzene rings is 1. The minimum absolute atomic E-state index is 0.0833. The van der Waals surface area contributed by atoms with Crippen molar-refractivity contribution in [3.63, 3.8) is 0 Å². The highest BCUT2D eigenvalue weighted by Gasteiger charge is 2.14. The van der Waals surface area contributed by atoms with Gasteiger partial charge in [-0.05, 0) is 12.5 Å². The summed E-state index contributed by atoms with van der Waals surface area (Å²) in [4.78, 5) is 0.